The summed E-state index contributed by atoms with van der Waals surface area (Å²) >= 11 is 0. The number of carbonyl (C=O) groups excluding carboxylic acids is 1. The first-order valence-corrected chi connectivity index (χ1v) is 10.3. The molecule has 2 N–H and O–H groups in total. The Balaban J connectivity index is 3.14. The molecule has 29 heavy (non-hydrogen) atoms. The number of carbonyl (C=O) groups is 1. The van der Waals surface area contributed by atoms with Crippen LogP contribution in [0.15, 0.2) is 0 Å². The summed E-state index contributed by atoms with van der Waals surface area (Å²) < 4.78 is 37.1. The lowest BCUT2D eigenvalue weighted by atomic mass is 10.5. The van der Waals surface area contributed by atoms with Gasteiger partial charge in [-0.3, -0.25) is 0 Å². The average Bonchev–Trinajstić information content (AvgIpc) is 2.73. The van der Waals surface area contributed by atoms with Gasteiger partial charge in [-0.15, -0.1) is 0 Å². The van der Waals surface area contributed by atoms with Crippen molar-refractivity contribution in [2.75, 3.05) is 106 Å². The molecule has 0 atom stereocenters. The molecule has 0 saturated carbocycles. The molecule has 10 nitrogen and oxygen atoms in total. The normalized spacial score (nSPS) is 11.0. The number of nitrogens with two attached hydrogens (primary N) is 1. The summed E-state index contributed by atoms with van der Waals surface area (Å²) in [5.74, 6) is 0. The third kappa shape index (κ3) is 21.5. The van der Waals surface area contributed by atoms with Gasteiger partial charge >= 0.3 is 6.09 Å². The monoisotopic (exact) mass is 424 g/mol. The highest BCUT2D eigenvalue weighted by molar-refractivity contribution is 5.67. The van der Waals surface area contributed by atoms with E-state index in [9.17, 15) is 4.79 Å². The lowest BCUT2D eigenvalue weighted by Gasteiger charge is -2.16. The standard InChI is InChI=1S/C19H40N2O8/c1-3-6-29-19(22)21(2)5-8-24-10-12-26-14-16-28-18-17-27-15-13-25-11-9-23-7-4-20/h3-18,20H2,1-2H3. The van der Waals surface area contributed by atoms with E-state index in [-0.39, 0.29) is 6.09 Å². The molecular weight excluding hydrogens is 384 g/mol. The highest BCUT2D eigenvalue weighted by atomic mass is 16.6. The van der Waals surface area contributed by atoms with Crippen LogP contribution in [-0.4, -0.2) is 117 Å². The van der Waals surface area contributed by atoms with Crippen molar-refractivity contribution in [3.05, 3.63) is 0 Å². The molecule has 0 aliphatic heterocycles. The molecule has 0 saturated heterocycles. The summed E-state index contributed by atoms with van der Waals surface area (Å²) in [6, 6.07) is 0. The summed E-state index contributed by atoms with van der Waals surface area (Å²) in [5, 5.41) is 0. The van der Waals surface area contributed by atoms with Crippen molar-refractivity contribution < 1.29 is 38.0 Å². The van der Waals surface area contributed by atoms with Gasteiger partial charge in [0, 0.05) is 20.1 Å². The molecule has 0 aliphatic rings. The molecule has 0 rings (SSSR count). The SMILES string of the molecule is CCCOC(=O)N(C)CCOCCOCCOCCOCCOCCOCCN. The van der Waals surface area contributed by atoms with Gasteiger partial charge in [-0.1, -0.05) is 6.92 Å². The quantitative estimate of drug-likeness (QED) is 0.249. The number of nitrogens with zero attached hydrogens (tertiary/aromatic N) is 1. The molecule has 174 valence electrons. The summed E-state index contributed by atoms with van der Waals surface area (Å²) in [6.07, 6.45) is 0.485. The predicted molar refractivity (Wildman–Crippen MR) is 108 cm³/mol. The second-order valence-electron chi connectivity index (χ2n) is 6.00. The van der Waals surface area contributed by atoms with Crippen LogP contribution in [0.1, 0.15) is 13.3 Å². The van der Waals surface area contributed by atoms with Gasteiger partial charge in [0.2, 0.25) is 0 Å². The smallest absolute Gasteiger partial charge is 0.409 e. The second-order valence-corrected chi connectivity index (χ2v) is 6.00. The van der Waals surface area contributed by atoms with Crippen molar-refractivity contribution in [2.24, 2.45) is 5.73 Å². The van der Waals surface area contributed by atoms with E-state index in [0.29, 0.717) is 99.0 Å². The Morgan fingerprint density at radius 2 is 1.03 bits per heavy atom. The molecule has 0 aromatic rings. The summed E-state index contributed by atoms with van der Waals surface area (Å²) in [7, 11) is 1.69. The summed E-state index contributed by atoms with van der Waals surface area (Å²) in [4.78, 5) is 13.0. The van der Waals surface area contributed by atoms with Gasteiger partial charge in [-0.25, -0.2) is 4.79 Å². The van der Waals surface area contributed by atoms with Crippen molar-refractivity contribution in [3.8, 4) is 0 Å². The van der Waals surface area contributed by atoms with Crippen LogP contribution in [0.3, 0.4) is 0 Å². The molecular formula is C19H40N2O8. The number of hydrogen-bond acceptors (Lipinski definition) is 9. The van der Waals surface area contributed by atoms with Crippen LogP contribution in [0.25, 0.3) is 0 Å². The Hall–Kier alpha value is -1.01. The van der Waals surface area contributed by atoms with Crippen LogP contribution < -0.4 is 5.73 Å². The molecule has 0 aromatic heterocycles. The fourth-order valence-electron chi connectivity index (χ4n) is 1.88. The molecule has 0 bridgehead atoms. The molecule has 0 aliphatic carbocycles. The maximum Gasteiger partial charge on any atom is 0.409 e. The minimum absolute atomic E-state index is 0.326. The van der Waals surface area contributed by atoms with Crippen LogP contribution >= 0.6 is 0 Å². The number of amides is 1. The van der Waals surface area contributed by atoms with Crippen molar-refractivity contribution >= 4 is 6.09 Å². The average molecular weight is 425 g/mol. The van der Waals surface area contributed by atoms with E-state index in [1.165, 1.54) is 4.90 Å². The Morgan fingerprint density at radius 1 is 0.655 bits per heavy atom. The maximum absolute atomic E-state index is 11.5. The first kappa shape index (κ1) is 28.0. The van der Waals surface area contributed by atoms with E-state index >= 15 is 0 Å². The Labute approximate surface area is 174 Å². The molecule has 0 fully saturated rings. The number of ether oxygens (including phenoxy) is 7. The zero-order valence-electron chi connectivity index (χ0n) is 18.1. The van der Waals surface area contributed by atoms with Crippen LogP contribution in [0.2, 0.25) is 0 Å². The Morgan fingerprint density at radius 3 is 1.41 bits per heavy atom. The minimum atomic E-state index is -0.326. The molecule has 1 amide bonds. The number of hydrogen-bond donors (Lipinski definition) is 1. The molecule has 0 aromatic carbocycles. The van der Waals surface area contributed by atoms with Gasteiger partial charge in [0.25, 0.3) is 0 Å². The fraction of sp³-hybridized carbons (Fsp3) is 0.947. The van der Waals surface area contributed by atoms with Gasteiger partial charge in [-0.05, 0) is 6.42 Å². The van der Waals surface area contributed by atoms with E-state index in [2.05, 4.69) is 0 Å². The topological polar surface area (TPSA) is 111 Å². The lowest BCUT2D eigenvalue weighted by Crippen LogP contribution is -2.31. The minimum Gasteiger partial charge on any atom is -0.449 e. The summed E-state index contributed by atoms with van der Waals surface area (Å²) in [6.45, 7) is 9.55. The van der Waals surface area contributed by atoms with E-state index in [0.717, 1.165) is 6.42 Å². The number of likely N-dealkylation sites (N-methyl/N-ethyl adjacent to an activating group) is 1. The number of rotatable bonds is 22. The van der Waals surface area contributed by atoms with Crippen LogP contribution in [0, 0.1) is 0 Å². The highest BCUT2D eigenvalue weighted by Gasteiger charge is 2.08. The Bertz CT molecular complexity index is 350. The van der Waals surface area contributed by atoms with Gasteiger partial charge in [0.15, 0.2) is 0 Å². The molecule has 10 heteroatoms. The zero-order valence-corrected chi connectivity index (χ0v) is 18.1. The van der Waals surface area contributed by atoms with Crippen molar-refractivity contribution in [1.82, 2.24) is 4.90 Å². The lowest BCUT2D eigenvalue weighted by molar-refractivity contribution is -0.0169. The molecule has 0 radical (unpaired) electrons. The largest absolute Gasteiger partial charge is 0.449 e. The van der Waals surface area contributed by atoms with Gasteiger partial charge in [0.05, 0.1) is 85.9 Å². The zero-order chi connectivity index (χ0) is 21.4. The van der Waals surface area contributed by atoms with Crippen LogP contribution in [-0.2, 0) is 33.2 Å². The third-order valence-corrected chi connectivity index (χ3v) is 3.43. The van der Waals surface area contributed by atoms with Gasteiger partial charge in [-0.2, -0.15) is 0 Å². The first-order chi connectivity index (χ1) is 14.2. The van der Waals surface area contributed by atoms with Crippen molar-refractivity contribution in [1.29, 1.82) is 0 Å². The Kier molecular flexibility index (Phi) is 22.5. The second kappa shape index (κ2) is 23.3. The van der Waals surface area contributed by atoms with Crippen molar-refractivity contribution in [2.45, 2.75) is 13.3 Å². The van der Waals surface area contributed by atoms with Crippen LogP contribution in [0.5, 0.6) is 0 Å². The predicted octanol–water partition coefficient (Wildman–Crippen LogP) is 0.523. The van der Waals surface area contributed by atoms with Gasteiger partial charge in [0.1, 0.15) is 0 Å². The van der Waals surface area contributed by atoms with Crippen LogP contribution in [0.4, 0.5) is 4.79 Å². The van der Waals surface area contributed by atoms with E-state index in [4.69, 9.17) is 38.9 Å². The summed E-state index contributed by atoms with van der Waals surface area (Å²) in [5.41, 5.74) is 5.30. The van der Waals surface area contributed by atoms with Crippen molar-refractivity contribution in [3.63, 3.8) is 0 Å². The van der Waals surface area contributed by atoms with E-state index in [1.54, 1.807) is 7.05 Å². The van der Waals surface area contributed by atoms with E-state index in [1.807, 2.05) is 6.92 Å². The first-order valence-electron chi connectivity index (χ1n) is 10.3. The fourth-order valence-corrected chi connectivity index (χ4v) is 1.88. The highest BCUT2D eigenvalue weighted by Crippen LogP contribution is 1.92. The molecule has 0 heterocycles. The van der Waals surface area contributed by atoms with E-state index < -0.39 is 0 Å². The maximum atomic E-state index is 11.5. The third-order valence-electron chi connectivity index (χ3n) is 3.43. The molecule has 0 spiro atoms. The van der Waals surface area contributed by atoms with Gasteiger partial charge < -0.3 is 43.8 Å². The molecule has 0 unspecified atom stereocenters.